The molecule has 0 radical (unpaired) electrons. The first-order valence-electron chi connectivity index (χ1n) is 5.95. The van der Waals surface area contributed by atoms with Gasteiger partial charge in [-0.15, -0.1) is 0 Å². The van der Waals surface area contributed by atoms with Crippen LogP contribution < -0.4 is 11.2 Å². The Kier molecular flexibility index (Phi) is 3.83. The number of rotatable bonds is 4. The van der Waals surface area contributed by atoms with Crippen molar-refractivity contribution in [1.82, 2.24) is 23.4 Å². The Balaban J connectivity index is 2.40. The summed E-state index contributed by atoms with van der Waals surface area (Å²) in [6.45, 7) is -0.151. The third-order valence-electron chi connectivity index (χ3n) is 3.07. The maximum Gasteiger partial charge on any atom is 0.330 e. The average molecular weight is 313 g/mol. The van der Waals surface area contributed by atoms with Crippen molar-refractivity contribution >= 4 is 10.0 Å². The third-order valence-corrected chi connectivity index (χ3v) is 4.80. The number of aryl methyl sites for hydroxylation is 1. The van der Waals surface area contributed by atoms with Crippen LogP contribution in [-0.4, -0.2) is 38.9 Å². The van der Waals surface area contributed by atoms with E-state index in [0.717, 1.165) is 8.87 Å². The van der Waals surface area contributed by atoms with Gasteiger partial charge in [-0.2, -0.15) is 4.31 Å². The molecule has 0 saturated heterocycles. The van der Waals surface area contributed by atoms with Gasteiger partial charge in [-0.3, -0.25) is 9.36 Å². The Morgan fingerprint density at radius 1 is 1.33 bits per heavy atom. The van der Waals surface area contributed by atoms with Crippen molar-refractivity contribution in [2.24, 2.45) is 14.1 Å². The van der Waals surface area contributed by atoms with E-state index in [1.165, 1.54) is 44.4 Å². The second kappa shape index (κ2) is 5.30. The number of nitrogens with zero attached hydrogens (tertiary/aromatic N) is 4. The van der Waals surface area contributed by atoms with Crippen LogP contribution in [0.4, 0.5) is 0 Å². The van der Waals surface area contributed by atoms with E-state index in [-0.39, 0.29) is 17.1 Å². The molecule has 10 heteroatoms. The lowest BCUT2D eigenvalue weighted by Gasteiger charge is -2.16. The van der Waals surface area contributed by atoms with Gasteiger partial charge in [0.15, 0.2) is 5.03 Å². The minimum Gasteiger partial charge on any atom is -0.335 e. The van der Waals surface area contributed by atoms with Crippen LogP contribution in [0.25, 0.3) is 0 Å². The van der Waals surface area contributed by atoms with Gasteiger partial charge in [0.25, 0.3) is 15.6 Å². The first kappa shape index (κ1) is 15.2. The second-order valence-electron chi connectivity index (χ2n) is 4.59. The molecule has 2 rings (SSSR count). The summed E-state index contributed by atoms with van der Waals surface area (Å²) in [5, 5.41) is -0.0633. The van der Waals surface area contributed by atoms with Crippen LogP contribution in [0.3, 0.4) is 0 Å². The summed E-state index contributed by atoms with van der Waals surface area (Å²) in [6, 6.07) is 0. The molecule has 2 aromatic heterocycles. The monoisotopic (exact) mass is 313 g/mol. The van der Waals surface area contributed by atoms with Gasteiger partial charge < -0.3 is 9.55 Å². The third kappa shape index (κ3) is 2.67. The Hall–Kier alpha value is -2.20. The Bertz CT molecular complexity index is 863. The largest absolute Gasteiger partial charge is 0.335 e. The number of H-pyrrole nitrogens is 1. The van der Waals surface area contributed by atoms with Crippen LogP contribution in [0.5, 0.6) is 0 Å². The molecule has 0 amide bonds. The second-order valence-corrected chi connectivity index (χ2v) is 6.60. The smallest absolute Gasteiger partial charge is 0.330 e. The van der Waals surface area contributed by atoms with E-state index >= 15 is 0 Å². The SMILES string of the molecule is CN(Cc1cn(C)c(=O)n(C)c1=O)S(=O)(=O)c1cnc[nH]1. The van der Waals surface area contributed by atoms with Gasteiger partial charge in [-0.1, -0.05) is 0 Å². The predicted molar refractivity (Wildman–Crippen MR) is 74.2 cm³/mol. The molecule has 0 aliphatic rings. The molecular weight excluding hydrogens is 298 g/mol. The summed E-state index contributed by atoms with van der Waals surface area (Å²) in [6.07, 6.45) is 3.78. The van der Waals surface area contributed by atoms with Gasteiger partial charge in [0.1, 0.15) is 0 Å². The minimum absolute atomic E-state index is 0.0633. The highest BCUT2D eigenvalue weighted by Crippen LogP contribution is 2.11. The lowest BCUT2D eigenvalue weighted by Crippen LogP contribution is -2.40. The molecule has 0 spiro atoms. The molecule has 0 aliphatic carbocycles. The molecular formula is C11H15N5O4S. The fraction of sp³-hybridized carbons (Fsp3) is 0.364. The molecule has 0 atom stereocenters. The first-order valence-corrected chi connectivity index (χ1v) is 7.39. The molecule has 114 valence electrons. The van der Waals surface area contributed by atoms with Crippen molar-refractivity contribution in [3.05, 3.63) is 45.1 Å². The molecule has 0 bridgehead atoms. The highest BCUT2D eigenvalue weighted by atomic mass is 32.2. The van der Waals surface area contributed by atoms with E-state index in [4.69, 9.17) is 0 Å². The maximum atomic E-state index is 12.2. The molecule has 0 unspecified atom stereocenters. The van der Waals surface area contributed by atoms with Crippen LogP contribution in [-0.2, 0) is 30.7 Å². The number of imidazole rings is 1. The molecule has 2 heterocycles. The fourth-order valence-electron chi connectivity index (χ4n) is 1.87. The molecule has 9 nitrogen and oxygen atoms in total. The lowest BCUT2D eigenvalue weighted by molar-refractivity contribution is 0.458. The van der Waals surface area contributed by atoms with Gasteiger partial charge in [-0.05, 0) is 0 Å². The summed E-state index contributed by atoms with van der Waals surface area (Å²) in [5.41, 5.74) is -0.794. The lowest BCUT2D eigenvalue weighted by atomic mass is 10.3. The van der Waals surface area contributed by atoms with E-state index in [0.29, 0.717) is 0 Å². The summed E-state index contributed by atoms with van der Waals surface area (Å²) in [7, 11) is 0.421. The molecule has 21 heavy (non-hydrogen) atoms. The van der Waals surface area contributed by atoms with Crippen molar-refractivity contribution in [2.45, 2.75) is 11.6 Å². The quantitative estimate of drug-likeness (QED) is 0.748. The zero-order valence-electron chi connectivity index (χ0n) is 11.8. The number of aromatic amines is 1. The van der Waals surface area contributed by atoms with Gasteiger partial charge >= 0.3 is 5.69 Å². The number of aromatic nitrogens is 4. The molecule has 0 aliphatic heterocycles. The molecule has 0 aromatic carbocycles. The van der Waals surface area contributed by atoms with Crippen molar-refractivity contribution in [2.75, 3.05) is 7.05 Å². The number of hydrogen-bond donors (Lipinski definition) is 1. The molecule has 0 saturated carbocycles. The van der Waals surface area contributed by atoms with E-state index in [2.05, 4.69) is 9.97 Å². The summed E-state index contributed by atoms with van der Waals surface area (Å²) < 4.78 is 27.6. The minimum atomic E-state index is -3.77. The highest BCUT2D eigenvalue weighted by molar-refractivity contribution is 7.89. The highest BCUT2D eigenvalue weighted by Gasteiger charge is 2.23. The van der Waals surface area contributed by atoms with Crippen molar-refractivity contribution in [3.8, 4) is 0 Å². The van der Waals surface area contributed by atoms with Gasteiger partial charge in [-0.25, -0.2) is 18.2 Å². The van der Waals surface area contributed by atoms with Crippen LogP contribution in [0, 0.1) is 0 Å². The zero-order chi connectivity index (χ0) is 15.8. The average Bonchev–Trinajstić information content (AvgIpc) is 2.97. The normalized spacial score (nSPS) is 12.0. The van der Waals surface area contributed by atoms with E-state index in [9.17, 15) is 18.0 Å². The predicted octanol–water partition coefficient (Wildman–Crippen LogP) is -1.37. The number of sulfonamides is 1. The number of nitrogens with one attached hydrogen (secondary N) is 1. The first-order chi connectivity index (χ1) is 9.75. The summed E-state index contributed by atoms with van der Waals surface area (Å²) in [5.74, 6) is 0. The molecule has 2 aromatic rings. The van der Waals surface area contributed by atoms with Crippen LogP contribution in [0.15, 0.2) is 33.3 Å². The van der Waals surface area contributed by atoms with Gasteiger partial charge in [0, 0.05) is 39.4 Å². The summed E-state index contributed by atoms with van der Waals surface area (Å²) >= 11 is 0. The van der Waals surface area contributed by atoms with Crippen LogP contribution in [0.1, 0.15) is 5.56 Å². The topological polar surface area (TPSA) is 110 Å². The number of hydrogen-bond acceptors (Lipinski definition) is 5. The van der Waals surface area contributed by atoms with Crippen LogP contribution >= 0.6 is 0 Å². The zero-order valence-corrected chi connectivity index (χ0v) is 12.6. The maximum absolute atomic E-state index is 12.2. The summed E-state index contributed by atoms with van der Waals surface area (Å²) in [4.78, 5) is 29.8. The Morgan fingerprint density at radius 3 is 2.57 bits per heavy atom. The van der Waals surface area contributed by atoms with Crippen molar-refractivity contribution in [1.29, 1.82) is 0 Å². The van der Waals surface area contributed by atoms with E-state index in [1.54, 1.807) is 0 Å². The molecule has 1 N–H and O–H groups in total. The Morgan fingerprint density at radius 2 is 2.00 bits per heavy atom. The Labute approximate surface area is 120 Å². The van der Waals surface area contributed by atoms with Gasteiger partial charge in [0.2, 0.25) is 0 Å². The van der Waals surface area contributed by atoms with E-state index in [1.807, 2.05) is 0 Å². The van der Waals surface area contributed by atoms with E-state index < -0.39 is 21.3 Å². The fourth-order valence-corrected chi connectivity index (χ4v) is 2.91. The van der Waals surface area contributed by atoms with Crippen molar-refractivity contribution in [3.63, 3.8) is 0 Å². The van der Waals surface area contributed by atoms with Gasteiger partial charge in [0.05, 0.1) is 12.5 Å². The van der Waals surface area contributed by atoms with Crippen LogP contribution in [0.2, 0.25) is 0 Å². The molecule has 0 fully saturated rings. The standard InChI is InChI=1S/C11H15N5O4S/c1-14-5-8(10(17)16(3)11(14)18)6-15(2)21(19,20)9-4-12-7-13-9/h4-5,7H,6H2,1-3H3,(H,12,13). The van der Waals surface area contributed by atoms with Crippen molar-refractivity contribution < 1.29 is 8.42 Å².